The lowest BCUT2D eigenvalue weighted by molar-refractivity contribution is -0.126. The molecule has 0 spiro atoms. The molecule has 2 atom stereocenters. The van der Waals surface area contributed by atoms with Crippen LogP contribution in [0.1, 0.15) is 59.3 Å². The van der Waals surface area contributed by atoms with Crippen LogP contribution < -0.4 is 0 Å². The van der Waals surface area contributed by atoms with Crippen molar-refractivity contribution in [3.63, 3.8) is 0 Å². The molecule has 0 N–H and O–H groups in total. The van der Waals surface area contributed by atoms with Crippen molar-refractivity contribution < 1.29 is 4.79 Å². The standard InChI is InChI=1S/C15H29NO/c1-4-13-9-7-8-10-14(13)15(17)11-12-16(5-2)6-3/h13-14H,4-12H2,1-3H3. The number of hydrogen-bond acceptors (Lipinski definition) is 2. The second-order valence-corrected chi connectivity index (χ2v) is 5.30. The molecular formula is C15H29NO. The Morgan fingerprint density at radius 2 is 1.76 bits per heavy atom. The van der Waals surface area contributed by atoms with Gasteiger partial charge in [-0.05, 0) is 31.8 Å². The minimum absolute atomic E-state index is 0.379. The lowest BCUT2D eigenvalue weighted by Crippen LogP contribution is -2.31. The summed E-state index contributed by atoms with van der Waals surface area (Å²) in [5.41, 5.74) is 0. The van der Waals surface area contributed by atoms with Crippen LogP contribution in [0.2, 0.25) is 0 Å². The lowest BCUT2D eigenvalue weighted by atomic mass is 9.75. The van der Waals surface area contributed by atoms with Crippen molar-refractivity contribution in [1.29, 1.82) is 0 Å². The Morgan fingerprint density at radius 1 is 1.12 bits per heavy atom. The van der Waals surface area contributed by atoms with E-state index in [0.29, 0.717) is 17.6 Å². The summed E-state index contributed by atoms with van der Waals surface area (Å²) in [6, 6.07) is 0. The average molecular weight is 239 g/mol. The molecule has 2 unspecified atom stereocenters. The van der Waals surface area contributed by atoms with Crippen LogP contribution in [0.25, 0.3) is 0 Å². The molecule has 2 heteroatoms. The molecule has 1 aliphatic rings. The van der Waals surface area contributed by atoms with E-state index in [1.165, 1.54) is 25.7 Å². The Balaban J connectivity index is 2.39. The van der Waals surface area contributed by atoms with E-state index < -0.39 is 0 Å². The van der Waals surface area contributed by atoms with E-state index in [2.05, 4.69) is 25.7 Å². The van der Waals surface area contributed by atoms with Crippen molar-refractivity contribution in [3.8, 4) is 0 Å². The van der Waals surface area contributed by atoms with Gasteiger partial charge in [0.15, 0.2) is 0 Å². The van der Waals surface area contributed by atoms with E-state index in [0.717, 1.165) is 32.5 Å². The van der Waals surface area contributed by atoms with Gasteiger partial charge in [-0.25, -0.2) is 0 Å². The molecule has 0 amide bonds. The Labute approximate surface area is 107 Å². The molecular weight excluding hydrogens is 210 g/mol. The molecule has 0 heterocycles. The topological polar surface area (TPSA) is 20.3 Å². The van der Waals surface area contributed by atoms with Gasteiger partial charge in [0, 0.05) is 18.9 Å². The number of Topliss-reactive ketones (excluding diaryl/α,β-unsaturated/α-hetero) is 1. The number of nitrogens with zero attached hydrogens (tertiary/aromatic N) is 1. The largest absolute Gasteiger partial charge is 0.303 e. The summed E-state index contributed by atoms with van der Waals surface area (Å²) in [6.07, 6.45) is 6.97. The van der Waals surface area contributed by atoms with Gasteiger partial charge in [-0.2, -0.15) is 0 Å². The first kappa shape index (κ1) is 14.7. The maximum absolute atomic E-state index is 12.3. The molecule has 0 radical (unpaired) electrons. The number of rotatable bonds is 7. The third kappa shape index (κ3) is 4.42. The molecule has 1 rings (SSSR count). The molecule has 0 aliphatic heterocycles. The Hall–Kier alpha value is -0.370. The van der Waals surface area contributed by atoms with Crippen molar-refractivity contribution >= 4 is 5.78 Å². The Morgan fingerprint density at radius 3 is 2.35 bits per heavy atom. The van der Waals surface area contributed by atoms with Gasteiger partial charge in [-0.15, -0.1) is 0 Å². The first-order valence-electron chi connectivity index (χ1n) is 7.47. The molecule has 1 aliphatic carbocycles. The van der Waals surface area contributed by atoms with Crippen molar-refractivity contribution in [2.75, 3.05) is 19.6 Å². The van der Waals surface area contributed by atoms with Crippen LogP contribution in [0, 0.1) is 11.8 Å². The van der Waals surface area contributed by atoms with Crippen LogP contribution in [-0.4, -0.2) is 30.3 Å². The predicted octanol–water partition coefficient (Wildman–Crippen LogP) is 3.50. The van der Waals surface area contributed by atoms with Crippen LogP contribution in [0.3, 0.4) is 0 Å². The molecule has 1 saturated carbocycles. The normalized spacial score (nSPS) is 25.2. The highest BCUT2D eigenvalue weighted by Gasteiger charge is 2.29. The molecule has 0 bridgehead atoms. The zero-order valence-corrected chi connectivity index (χ0v) is 11.9. The minimum atomic E-state index is 0.379. The first-order valence-corrected chi connectivity index (χ1v) is 7.47. The summed E-state index contributed by atoms with van der Waals surface area (Å²) in [7, 11) is 0. The third-order valence-corrected chi connectivity index (χ3v) is 4.42. The lowest BCUT2D eigenvalue weighted by Gasteiger charge is -2.30. The van der Waals surface area contributed by atoms with Crippen molar-refractivity contribution in [1.82, 2.24) is 4.90 Å². The molecule has 0 aromatic heterocycles. The fraction of sp³-hybridized carbons (Fsp3) is 0.933. The van der Waals surface area contributed by atoms with E-state index in [-0.39, 0.29) is 0 Å². The van der Waals surface area contributed by atoms with Crippen LogP contribution in [0.4, 0.5) is 0 Å². The van der Waals surface area contributed by atoms with Gasteiger partial charge in [0.2, 0.25) is 0 Å². The molecule has 0 aromatic carbocycles. The highest BCUT2D eigenvalue weighted by atomic mass is 16.1. The average Bonchev–Trinajstić information content (AvgIpc) is 2.39. The van der Waals surface area contributed by atoms with E-state index >= 15 is 0 Å². The number of ketones is 1. The van der Waals surface area contributed by atoms with E-state index in [4.69, 9.17) is 0 Å². The summed E-state index contributed by atoms with van der Waals surface area (Å²) >= 11 is 0. The summed E-state index contributed by atoms with van der Waals surface area (Å²) in [6.45, 7) is 9.66. The minimum Gasteiger partial charge on any atom is -0.303 e. The van der Waals surface area contributed by atoms with Crippen LogP contribution in [0.15, 0.2) is 0 Å². The second kappa shape index (κ2) is 7.86. The van der Waals surface area contributed by atoms with Gasteiger partial charge in [0.25, 0.3) is 0 Å². The van der Waals surface area contributed by atoms with Gasteiger partial charge in [0.1, 0.15) is 5.78 Å². The quantitative estimate of drug-likeness (QED) is 0.677. The van der Waals surface area contributed by atoms with Crippen LogP contribution in [0.5, 0.6) is 0 Å². The maximum Gasteiger partial charge on any atom is 0.137 e. The van der Waals surface area contributed by atoms with Crippen LogP contribution in [-0.2, 0) is 4.79 Å². The molecule has 0 aromatic rings. The number of carbonyl (C=O) groups excluding carboxylic acids is 1. The Bertz CT molecular complexity index is 223. The van der Waals surface area contributed by atoms with Gasteiger partial charge in [0.05, 0.1) is 0 Å². The smallest absolute Gasteiger partial charge is 0.137 e. The molecule has 100 valence electrons. The third-order valence-electron chi connectivity index (χ3n) is 4.42. The summed E-state index contributed by atoms with van der Waals surface area (Å²) in [4.78, 5) is 14.6. The van der Waals surface area contributed by atoms with Crippen LogP contribution >= 0.6 is 0 Å². The molecule has 1 fully saturated rings. The van der Waals surface area contributed by atoms with Gasteiger partial charge in [-0.3, -0.25) is 4.79 Å². The SMILES string of the molecule is CCC1CCCCC1C(=O)CCN(CC)CC. The van der Waals surface area contributed by atoms with Crippen molar-refractivity contribution in [2.24, 2.45) is 11.8 Å². The Kier molecular flexibility index (Phi) is 6.79. The zero-order valence-electron chi connectivity index (χ0n) is 11.9. The summed E-state index contributed by atoms with van der Waals surface area (Å²) in [5.74, 6) is 1.58. The van der Waals surface area contributed by atoms with E-state index in [1.54, 1.807) is 0 Å². The van der Waals surface area contributed by atoms with Crippen molar-refractivity contribution in [2.45, 2.75) is 59.3 Å². The molecule has 17 heavy (non-hydrogen) atoms. The monoisotopic (exact) mass is 239 g/mol. The molecule has 2 nitrogen and oxygen atoms in total. The molecule has 0 saturated heterocycles. The number of carbonyl (C=O) groups is 1. The maximum atomic E-state index is 12.3. The van der Waals surface area contributed by atoms with Gasteiger partial charge in [-0.1, -0.05) is 40.0 Å². The fourth-order valence-electron chi connectivity index (χ4n) is 3.11. The first-order chi connectivity index (χ1) is 8.22. The highest BCUT2D eigenvalue weighted by molar-refractivity contribution is 5.81. The number of hydrogen-bond donors (Lipinski definition) is 0. The predicted molar refractivity (Wildman–Crippen MR) is 73.2 cm³/mol. The zero-order chi connectivity index (χ0) is 12.7. The second-order valence-electron chi connectivity index (χ2n) is 5.30. The van der Waals surface area contributed by atoms with Gasteiger partial charge >= 0.3 is 0 Å². The fourth-order valence-corrected chi connectivity index (χ4v) is 3.11. The summed E-state index contributed by atoms with van der Waals surface area (Å²) in [5, 5.41) is 0. The van der Waals surface area contributed by atoms with E-state index in [1.807, 2.05) is 0 Å². The highest BCUT2D eigenvalue weighted by Crippen LogP contribution is 2.33. The van der Waals surface area contributed by atoms with Crippen molar-refractivity contribution in [3.05, 3.63) is 0 Å². The summed E-state index contributed by atoms with van der Waals surface area (Å²) < 4.78 is 0. The van der Waals surface area contributed by atoms with Gasteiger partial charge < -0.3 is 4.90 Å². The van der Waals surface area contributed by atoms with E-state index in [9.17, 15) is 4.79 Å².